The van der Waals surface area contributed by atoms with Gasteiger partial charge in [-0.1, -0.05) is 11.6 Å². The number of nitrogens with one attached hydrogen (secondary N) is 1. The molecule has 0 spiro atoms. The van der Waals surface area contributed by atoms with Gasteiger partial charge in [-0.05, 0) is 12.1 Å². The molecule has 3 heterocycles. The van der Waals surface area contributed by atoms with Crippen LogP contribution in [0.15, 0.2) is 30.9 Å². The van der Waals surface area contributed by atoms with Crippen molar-refractivity contribution in [3.8, 4) is 0 Å². The number of nitrogens with zero attached hydrogens (tertiary/aromatic N) is 4. The van der Waals surface area contributed by atoms with E-state index >= 15 is 0 Å². The van der Waals surface area contributed by atoms with Crippen LogP contribution in [0.2, 0.25) is 5.02 Å². The topological polar surface area (TPSA) is 89.1 Å². The maximum atomic E-state index is 12.1. The van der Waals surface area contributed by atoms with Gasteiger partial charge >= 0.3 is 0 Å². The molecular weight excluding hydrogens is 316 g/mol. The van der Waals surface area contributed by atoms with Crippen LogP contribution in [-0.2, 0) is 11.8 Å². The number of carbonyl (C=O) groups excluding carboxylic acids is 1. The summed E-state index contributed by atoms with van der Waals surface area (Å²) in [6.45, 7) is 1.67. The zero-order chi connectivity index (χ0) is 16.4. The SMILES string of the molecule is Cn1cnc([C@@H]2CN(CC(=O)Nc3ccc(Cl)cn3)C[C@H]2N)c1. The van der Waals surface area contributed by atoms with Crippen molar-refractivity contribution in [1.29, 1.82) is 0 Å². The highest BCUT2D eigenvalue weighted by Crippen LogP contribution is 2.24. The Bertz CT molecular complexity index is 686. The van der Waals surface area contributed by atoms with E-state index in [9.17, 15) is 4.79 Å². The number of hydrogen-bond donors (Lipinski definition) is 2. The number of rotatable bonds is 4. The summed E-state index contributed by atoms with van der Waals surface area (Å²) in [7, 11) is 1.93. The first-order valence-corrected chi connectivity index (χ1v) is 7.76. The molecule has 1 fully saturated rings. The zero-order valence-corrected chi connectivity index (χ0v) is 13.6. The van der Waals surface area contributed by atoms with Crippen molar-refractivity contribution in [3.63, 3.8) is 0 Å². The molecule has 0 aromatic carbocycles. The lowest BCUT2D eigenvalue weighted by Gasteiger charge is -2.14. The fraction of sp³-hybridized carbons (Fsp3) is 0.400. The Hall–Kier alpha value is -1.96. The van der Waals surface area contributed by atoms with Gasteiger partial charge in [0.25, 0.3) is 0 Å². The number of aromatic nitrogens is 3. The molecule has 2 atom stereocenters. The highest BCUT2D eigenvalue weighted by Gasteiger charge is 2.33. The van der Waals surface area contributed by atoms with Gasteiger partial charge in [-0.3, -0.25) is 9.69 Å². The van der Waals surface area contributed by atoms with E-state index in [1.807, 2.05) is 22.7 Å². The Labute approximate surface area is 139 Å². The molecule has 0 unspecified atom stereocenters. The molecule has 3 N–H and O–H groups in total. The molecule has 3 rings (SSSR count). The summed E-state index contributed by atoms with van der Waals surface area (Å²) in [4.78, 5) is 22.6. The van der Waals surface area contributed by atoms with Crippen molar-refractivity contribution >= 4 is 23.3 Å². The van der Waals surface area contributed by atoms with Crippen LogP contribution in [0.25, 0.3) is 0 Å². The summed E-state index contributed by atoms with van der Waals surface area (Å²) in [5.41, 5.74) is 7.18. The van der Waals surface area contributed by atoms with Gasteiger partial charge in [-0.2, -0.15) is 0 Å². The molecule has 2 aromatic rings. The molecule has 1 aliphatic heterocycles. The first kappa shape index (κ1) is 15.9. The first-order chi connectivity index (χ1) is 11.0. The number of aryl methyl sites for hydroxylation is 1. The zero-order valence-electron chi connectivity index (χ0n) is 12.8. The Morgan fingerprint density at radius 1 is 1.43 bits per heavy atom. The third kappa shape index (κ3) is 3.87. The van der Waals surface area contributed by atoms with E-state index in [0.717, 1.165) is 12.2 Å². The largest absolute Gasteiger partial charge is 0.340 e. The van der Waals surface area contributed by atoms with Crippen LogP contribution in [0, 0.1) is 0 Å². The molecular formula is C15H19ClN6O. The minimum absolute atomic E-state index is 0.0219. The second kappa shape index (κ2) is 6.66. The van der Waals surface area contributed by atoms with Crippen molar-refractivity contribution in [2.75, 3.05) is 25.0 Å². The molecule has 1 aliphatic rings. The third-order valence-electron chi connectivity index (χ3n) is 3.91. The lowest BCUT2D eigenvalue weighted by atomic mass is 10.0. The van der Waals surface area contributed by atoms with Gasteiger partial charge in [-0.25, -0.2) is 9.97 Å². The van der Waals surface area contributed by atoms with Crippen LogP contribution in [0.5, 0.6) is 0 Å². The molecule has 7 nitrogen and oxygen atoms in total. The molecule has 23 heavy (non-hydrogen) atoms. The highest BCUT2D eigenvalue weighted by atomic mass is 35.5. The molecule has 2 aromatic heterocycles. The number of nitrogens with two attached hydrogens (primary N) is 1. The monoisotopic (exact) mass is 334 g/mol. The van der Waals surface area contributed by atoms with Crippen LogP contribution >= 0.6 is 11.6 Å². The minimum atomic E-state index is -0.117. The molecule has 0 radical (unpaired) electrons. The molecule has 122 valence electrons. The molecule has 0 saturated carbocycles. The maximum Gasteiger partial charge on any atom is 0.239 e. The first-order valence-electron chi connectivity index (χ1n) is 7.38. The van der Waals surface area contributed by atoms with E-state index in [0.29, 0.717) is 17.4 Å². The quantitative estimate of drug-likeness (QED) is 0.864. The Balaban J connectivity index is 1.56. The smallest absolute Gasteiger partial charge is 0.239 e. The van der Waals surface area contributed by atoms with E-state index < -0.39 is 0 Å². The van der Waals surface area contributed by atoms with E-state index in [-0.39, 0.29) is 24.4 Å². The molecule has 0 bridgehead atoms. The Kier molecular flexibility index (Phi) is 4.61. The van der Waals surface area contributed by atoms with Crippen LogP contribution < -0.4 is 11.1 Å². The van der Waals surface area contributed by atoms with Crippen molar-refractivity contribution in [2.45, 2.75) is 12.0 Å². The second-order valence-corrected chi connectivity index (χ2v) is 6.27. The maximum absolute atomic E-state index is 12.1. The summed E-state index contributed by atoms with van der Waals surface area (Å²) in [6.07, 6.45) is 5.25. The minimum Gasteiger partial charge on any atom is -0.340 e. The van der Waals surface area contributed by atoms with Gasteiger partial charge in [0.15, 0.2) is 0 Å². The Morgan fingerprint density at radius 3 is 2.91 bits per heavy atom. The van der Waals surface area contributed by atoms with Crippen LogP contribution in [0.4, 0.5) is 5.82 Å². The van der Waals surface area contributed by atoms with Crippen molar-refractivity contribution < 1.29 is 4.79 Å². The predicted octanol–water partition coefficient (Wildman–Crippen LogP) is 0.834. The van der Waals surface area contributed by atoms with Crippen LogP contribution in [0.3, 0.4) is 0 Å². The molecule has 0 aliphatic carbocycles. The highest BCUT2D eigenvalue weighted by molar-refractivity contribution is 6.30. The van der Waals surface area contributed by atoms with Gasteiger partial charge in [0.05, 0.1) is 23.6 Å². The summed E-state index contributed by atoms with van der Waals surface area (Å²) in [6, 6.07) is 3.34. The van der Waals surface area contributed by atoms with Gasteiger partial charge < -0.3 is 15.6 Å². The van der Waals surface area contributed by atoms with Gasteiger partial charge in [0.1, 0.15) is 5.82 Å². The van der Waals surface area contributed by atoms with Crippen molar-refractivity contribution in [3.05, 3.63) is 41.6 Å². The summed E-state index contributed by atoms with van der Waals surface area (Å²) < 4.78 is 1.91. The molecule has 1 amide bonds. The number of anilines is 1. The number of imidazole rings is 1. The third-order valence-corrected chi connectivity index (χ3v) is 4.13. The summed E-state index contributed by atoms with van der Waals surface area (Å²) >= 11 is 5.77. The lowest BCUT2D eigenvalue weighted by Crippen LogP contribution is -2.33. The predicted molar refractivity (Wildman–Crippen MR) is 88.2 cm³/mol. The van der Waals surface area contributed by atoms with Crippen molar-refractivity contribution in [1.82, 2.24) is 19.4 Å². The summed E-state index contributed by atoms with van der Waals surface area (Å²) in [5.74, 6) is 0.524. The number of carbonyl (C=O) groups is 1. The fourth-order valence-corrected chi connectivity index (χ4v) is 2.93. The second-order valence-electron chi connectivity index (χ2n) is 5.84. The molecule has 8 heteroatoms. The van der Waals surface area contributed by atoms with E-state index in [2.05, 4.69) is 15.3 Å². The lowest BCUT2D eigenvalue weighted by molar-refractivity contribution is -0.117. The number of pyridine rings is 1. The Morgan fingerprint density at radius 2 is 2.26 bits per heavy atom. The number of hydrogen-bond acceptors (Lipinski definition) is 5. The average Bonchev–Trinajstić information content (AvgIpc) is 3.07. The summed E-state index contributed by atoms with van der Waals surface area (Å²) in [5, 5.41) is 3.29. The number of likely N-dealkylation sites (tertiary alicyclic amines) is 1. The van der Waals surface area contributed by atoms with Gasteiger partial charge in [0.2, 0.25) is 5.91 Å². The van der Waals surface area contributed by atoms with Crippen LogP contribution in [0.1, 0.15) is 11.6 Å². The van der Waals surface area contributed by atoms with E-state index in [1.54, 1.807) is 18.5 Å². The fourth-order valence-electron chi connectivity index (χ4n) is 2.82. The van der Waals surface area contributed by atoms with Gasteiger partial charge in [0, 0.05) is 44.5 Å². The van der Waals surface area contributed by atoms with Gasteiger partial charge in [-0.15, -0.1) is 0 Å². The van der Waals surface area contributed by atoms with E-state index in [4.69, 9.17) is 17.3 Å². The standard InChI is InChI=1S/C15H19ClN6O/c1-21-7-13(19-9-21)11-5-22(6-12(11)17)8-15(23)20-14-3-2-10(16)4-18-14/h2-4,7,9,11-12H,5-6,8,17H2,1H3,(H,18,20,23)/t11-,12-/m1/s1. The average molecular weight is 335 g/mol. The molecule has 1 saturated heterocycles. The normalized spacial score (nSPS) is 21.5. The van der Waals surface area contributed by atoms with Crippen molar-refractivity contribution in [2.24, 2.45) is 12.8 Å². The van der Waals surface area contributed by atoms with Crippen LogP contribution in [-0.4, -0.2) is 51.0 Å². The van der Waals surface area contributed by atoms with E-state index in [1.165, 1.54) is 6.20 Å². The number of amides is 1. The number of halogens is 1.